The van der Waals surface area contributed by atoms with Gasteiger partial charge < -0.3 is 16.6 Å². The van der Waals surface area contributed by atoms with Crippen LogP contribution >= 0.6 is 0 Å². The van der Waals surface area contributed by atoms with Crippen LogP contribution in [0, 0.1) is 0 Å². The van der Waals surface area contributed by atoms with Crippen molar-refractivity contribution in [3.63, 3.8) is 0 Å². The summed E-state index contributed by atoms with van der Waals surface area (Å²) in [5.74, 6) is 0. The molecule has 2 rings (SSSR count). The fourth-order valence-electron chi connectivity index (χ4n) is 2.32. The summed E-state index contributed by atoms with van der Waals surface area (Å²) in [6.45, 7) is 5.03. The average molecular weight is 274 g/mol. The third-order valence-corrected chi connectivity index (χ3v) is 3.06. The van der Waals surface area contributed by atoms with Crippen molar-refractivity contribution in [3.8, 4) is 0 Å². The molecule has 7 nitrogen and oxygen atoms in total. The lowest BCUT2D eigenvalue weighted by Gasteiger charge is -2.39. The second-order valence-corrected chi connectivity index (χ2v) is 4.54. The van der Waals surface area contributed by atoms with Crippen LogP contribution < -0.4 is 11.5 Å². The number of rotatable bonds is 1. The molecule has 0 aromatic heterocycles. The molecule has 0 bridgehead atoms. The van der Waals surface area contributed by atoms with Gasteiger partial charge in [-0.2, -0.15) is 0 Å². The molecule has 19 heavy (non-hydrogen) atoms. The second kappa shape index (κ2) is 11.7. The summed E-state index contributed by atoms with van der Waals surface area (Å²) < 4.78 is 0. The van der Waals surface area contributed by atoms with Gasteiger partial charge >= 0.3 is 6.03 Å². The molecule has 0 atom stereocenters. The molecule has 112 valence electrons. The maximum Gasteiger partial charge on any atom is 0.309 e. The zero-order chi connectivity index (χ0) is 14.5. The van der Waals surface area contributed by atoms with Crippen LogP contribution in [-0.2, 0) is 4.79 Å². The van der Waals surface area contributed by atoms with E-state index in [0.29, 0.717) is 0 Å². The summed E-state index contributed by atoms with van der Waals surface area (Å²) in [5, 5.41) is 12.1. The number of carboxylic acid groups (broad SMARTS) is 1. The Labute approximate surface area is 114 Å². The number of hydrogen-bond donors (Lipinski definition) is 3. The molecule has 7 heteroatoms. The lowest BCUT2D eigenvalue weighted by molar-refractivity contribution is -0.122. The van der Waals surface area contributed by atoms with Crippen LogP contribution in [-0.4, -0.2) is 53.8 Å². The Balaban J connectivity index is 0.000000393. The molecule has 0 saturated carbocycles. The van der Waals surface area contributed by atoms with Gasteiger partial charge in [-0.15, -0.1) is 0 Å². The Bertz CT molecular complexity index is 219. The van der Waals surface area contributed by atoms with Crippen molar-refractivity contribution in [1.29, 1.82) is 0 Å². The number of carbonyl (C=O) groups is 2. The summed E-state index contributed by atoms with van der Waals surface area (Å²) in [7, 11) is 0. The van der Waals surface area contributed by atoms with Crippen LogP contribution in [0.4, 0.5) is 4.79 Å². The molecule has 2 aliphatic rings. The van der Waals surface area contributed by atoms with E-state index in [2.05, 4.69) is 21.5 Å². The van der Waals surface area contributed by atoms with E-state index in [1.807, 2.05) is 0 Å². The molecule has 2 fully saturated rings. The lowest BCUT2D eigenvalue weighted by Crippen LogP contribution is -2.47. The van der Waals surface area contributed by atoms with E-state index in [-0.39, 0.29) is 6.47 Å². The standard InChI is InChI=1S/C10H20N2.CH4N2O.CH2O2/c1-3-7-11(8-4-1)12-9-5-2-6-10-12;2-1(3)4;2-1-3/h1-10H2;(H4,2,3,4);1H,(H,2,3). The fraction of sp³-hybridized carbons (Fsp3) is 0.833. The quantitative estimate of drug-likeness (QED) is 0.606. The summed E-state index contributed by atoms with van der Waals surface area (Å²) >= 11 is 0. The van der Waals surface area contributed by atoms with Crippen molar-refractivity contribution in [2.45, 2.75) is 38.5 Å². The van der Waals surface area contributed by atoms with Crippen molar-refractivity contribution < 1.29 is 14.7 Å². The summed E-state index contributed by atoms with van der Waals surface area (Å²) in [6, 6.07) is -0.833. The first kappa shape index (κ1) is 17.7. The lowest BCUT2D eigenvalue weighted by atomic mass is 10.1. The number of nitrogens with zero attached hydrogens (tertiary/aromatic N) is 2. The molecule has 5 N–H and O–H groups in total. The molecule has 2 aliphatic heterocycles. The van der Waals surface area contributed by atoms with Crippen LogP contribution in [0.3, 0.4) is 0 Å². The Hall–Kier alpha value is -1.34. The molecule has 0 aromatic rings. The minimum atomic E-state index is -0.833. The van der Waals surface area contributed by atoms with E-state index in [1.165, 1.54) is 64.7 Å². The molecule has 0 aromatic carbocycles. The van der Waals surface area contributed by atoms with Crippen molar-refractivity contribution in [1.82, 2.24) is 10.0 Å². The SMILES string of the molecule is C1CCN(N2CCCCC2)CC1.NC(N)=O.O=CO. The highest BCUT2D eigenvalue weighted by molar-refractivity contribution is 5.69. The van der Waals surface area contributed by atoms with Gasteiger partial charge in [0.1, 0.15) is 0 Å². The highest BCUT2D eigenvalue weighted by Crippen LogP contribution is 2.16. The molecule has 0 radical (unpaired) electrons. The van der Waals surface area contributed by atoms with Gasteiger partial charge in [-0.05, 0) is 25.7 Å². The first-order valence-corrected chi connectivity index (χ1v) is 6.74. The molecular formula is C12H26N4O3. The van der Waals surface area contributed by atoms with Gasteiger partial charge in [0.05, 0.1) is 0 Å². The molecule has 0 spiro atoms. The summed E-state index contributed by atoms with van der Waals surface area (Å²) in [6.07, 6.45) is 8.55. The van der Waals surface area contributed by atoms with E-state index >= 15 is 0 Å². The van der Waals surface area contributed by atoms with Gasteiger partial charge in [0.15, 0.2) is 0 Å². The maximum absolute atomic E-state index is 9.00. The molecule has 2 saturated heterocycles. The molecule has 0 aliphatic carbocycles. The largest absolute Gasteiger partial charge is 0.483 e. The van der Waals surface area contributed by atoms with Gasteiger partial charge in [0.2, 0.25) is 0 Å². The van der Waals surface area contributed by atoms with Gasteiger partial charge in [0, 0.05) is 26.2 Å². The van der Waals surface area contributed by atoms with E-state index in [0.717, 1.165) is 0 Å². The first-order chi connectivity index (χ1) is 9.11. The van der Waals surface area contributed by atoms with E-state index < -0.39 is 6.03 Å². The number of hydrazine groups is 1. The van der Waals surface area contributed by atoms with E-state index in [1.54, 1.807) is 0 Å². The van der Waals surface area contributed by atoms with Crippen molar-refractivity contribution in [2.24, 2.45) is 11.5 Å². The molecule has 2 heterocycles. The number of carbonyl (C=O) groups excluding carboxylic acids is 1. The highest BCUT2D eigenvalue weighted by Gasteiger charge is 2.19. The number of urea groups is 1. The molecule has 0 unspecified atom stereocenters. The third kappa shape index (κ3) is 10.3. The highest BCUT2D eigenvalue weighted by atomic mass is 16.3. The van der Waals surface area contributed by atoms with E-state index in [9.17, 15) is 0 Å². The number of piperidine rings is 2. The number of amides is 2. The van der Waals surface area contributed by atoms with Gasteiger partial charge in [-0.25, -0.2) is 14.8 Å². The van der Waals surface area contributed by atoms with Gasteiger partial charge in [-0.3, -0.25) is 4.79 Å². The van der Waals surface area contributed by atoms with Crippen LogP contribution in [0.2, 0.25) is 0 Å². The van der Waals surface area contributed by atoms with E-state index in [4.69, 9.17) is 14.7 Å². The predicted octanol–water partition coefficient (Wildman–Crippen LogP) is 0.598. The minimum Gasteiger partial charge on any atom is -0.483 e. The monoisotopic (exact) mass is 274 g/mol. The Morgan fingerprint density at radius 2 is 1.05 bits per heavy atom. The molecule has 2 amide bonds. The van der Waals surface area contributed by atoms with Gasteiger partial charge in [-0.1, -0.05) is 12.8 Å². The van der Waals surface area contributed by atoms with Crippen molar-refractivity contribution in [2.75, 3.05) is 26.2 Å². The number of nitrogens with two attached hydrogens (primary N) is 2. The Morgan fingerprint density at radius 1 is 0.842 bits per heavy atom. The van der Waals surface area contributed by atoms with Crippen LogP contribution in [0.5, 0.6) is 0 Å². The topological polar surface area (TPSA) is 113 Å². The second-order valence-electron chi connectivity index (χ2n) is 4.54. The zero-order valence-corrected chi connectivity index (χ0v) is 11.5. The van der Waals surface area contributed by atoms with Crippen LogP contribution in [0.15, 0.2) is 0 Å². The van der Waals surface area contributed by atoms with Crippen molar-refractivity contribution >= 4 is 12.5 Å². The average Bonchev–Trinajstić information content (AvgIpc) is 2.41. The fourth-order valence-corrected chi connectivity index (χ4v) is 2.32. The third-order valence-electron chi connectivity index (χ3n) is 3.06. The van der Waals surface area contributed by atoms with Crippen LogP contribution in [0.1, 0.15) is 38.5 Å². The summed E-state index contributed by atoms with van der Waals surface area (Å²) in [4.78, 5) is 17.4. The minimum absolute atomic E-state index is 0.250. The number of primary amides is 2. The normalized spacial score (nSPS) is 20.2. The Morgan fingerprint density at radius 3 is 1.26 bits per heavy atom. The Kier molecular flexibility index (Phi) is 10.9. The van der Waals surface area contributed by atoms with Crippen molar-refractivity contribution in [3.05, 3.63) is 0 Å². The molecular weight excluding hydrogens is 248 g/mol. The maximum atomic E-state index is 9.00. The summed E-state index contributed by atoms with van der Waals surface area (Å²) in [5.41, 5.74) is 8.50. The number of hydrogen-bond acceptors (Lipinski definition) is 4. The van der Waals surface area contributed by atoms with Gasteiger partial charge in [0.25, 0.3) is 6.47 Å². The first-order valence-electron chi connectivity index (χ1n) is 6.74. The predicted molar refractivity (Wildman–Crippen MR) is 73.3 cm³/mol. The van der Waals surface area contributed by atoms with Crippen LogP contribution in [0.25, 0.3) is 0 Å². The zero-order valence-electron chi connectivity index (χ0n) is 11.5. The smallest absolute Gasteiger partial charge is 0.309 e.